The number of carbonyl (C=O) groups is 1. The predicted octanol–water partition coefficient (Wildman–Crippen LogP) is 4.16. The summed E-state index contributed by atoms with van der Waals surface area (Å²) in [4.78, 5) is 18.9. The molecule has 0 bridgehead atoms. The summed E-state index contributed by atoms with van der Waals surface area (Å²) < 4.78 is 0.964. The maximum Gasteiger partial charge on any atom is 0.226 e. The quantitative estimate of drug-likeness (QED) is 0.346. The lowest BCUT2D eigenvalue weighted by Gasteiger charge is -2.38. The van der Waals surface area contributed by atoms with E-state index in [4.69, 9.17) is 0 Å². The van der Waals surface area contributed by atoms with Crippen molar-refractivity contribution in [1.82, 2.24) is 10.2 Å². The zero-order chi connectivity index (χ0) is 17.9. The van der Waals surface area contributed by atoms with E-state index in [9.17, 15) is 4.79 Å². The Kier molecular flexibility index (Phi) is 7.76. The summed E-state index contributed by atoms with van der Waals surface area (Å²) in [6.07, 6.45) is 5.78. The number of benzene rings is 1. The molecule has 3 rings (SSSR count). The molecular weight excluding hydrogens is 507 g/mol. The second-order valence-electron chi connectivity index (χ2n) is 7.26. The van der Waals surface area contributed by atoms with Crippen LogP contribution in [0, 0.1) is 12.3 Å². The van der Waals surface area contributed by atoms with Gasteiger partial charge in [-0.3, -0.25) is 9.79 Å². The third-order valence-electron chi connectivity index (χ3n) is 5.47. The molecule has 2 fully saturated rings. The van der Waals surface area contributed by atoms with Crippen molar-refractivity contribution in [3.05, 3.63) is 28.2 Å². The summed E-state index contributed by atoms with van der Waals surface area (Å²) in [6, 6.07) is 5.90. The number of hydrogen-bond donors (Lipinski definition) is 2. The average Bonchev–Trinajstić information content (AvgIpc) is 3.01. The number of halogens is 2. The van der Waals surface area contributed by atoms with Crippen LogP contribution in [0.25, 0.3) is 0 Å². The third kappa shape index (κ3) is 5.12. The molecule has 0 unspecified atom stereocenters. The Bertz CT molecular complexity index is 676. The molecule has 7 heteroatoms. The van der Waals surface area contributed by atoms with Crippen molar-refractivity contribution in [2.75, 3.05) is 32.0 Å². The van der Waals surface area contributed by atoms with Crippen LogP contribution < -0.4 is 10.6 Å². The standard InChI is InChI=1S/C19H27BrN4O.HI/c1-14-4-5-15(20)12-16(14)23-17(25)6-10-22-18(21-2)24-11-9-19(13-24)7-3-8-19;/h4-5,12H,3,6-11,13H2,1-2H3,(H,21,22)(H,23,25);1H. The number of amides is 1. The Morgan fingerprint density at radius 3 is 2.73 bits per heavy atom. The molecule has 26 heavy (non-hydrogen) atoms. The number of hydrogen-bond acceptors (Lipinski definition) is 2. The first-order valence-corrected chi connectivity index (χ1v) is 9.82. The largest absolute Gasteiger partial charge is 0.356 e. The van der Waals surface area contributed by atoms with Crippen LogP contribution in [-0.4, -0.2) is 43.4 Å². The van der Waals surface area contributed by atoms with Crippen LogP contribution >= 0.6 is 39.9 Å². The van der Waals surface area contributed by atoms with Crippen LogP contribution in [0.5, 0.6) is 0 Å². The fraction of sp³-hybridized carbons (Fsp3) is 0.579. The van der Waals surface area contributed by atoms with Gasteiger partial charge in [0.2, 0.25) is 5.91 Å². The molecule has 1 heterocycles. The number of aryl methyl sites for hydroxylation is 1. The molecule has 2 N–H and O–H groups in total. The van der Waals surface area contributed by atoms with Crippen molar-refractivity contribution in [2.45, 2.75) is 39.0 Å². The van der Waals surface area contributed by atoms with E-state index in [1.54, 1.807) is 0 Å². The lowest BCUT2D eigenvalue weighted by molar-refractivity contribution is -0.116. The van der Waals surface area contributed by atoms with Crippen molar-refractivity contribution < 1.29 is 4.79 Å². The second kappa shape index (κ2) is 9.39. The van der Waals surface area contributed by atoms with Crippen LogP contribution in [0.4, 0.5) is 5.69 Å². The number of aliphatic imine (C=N–C) groups is 1. The highest BCUT2D eigenvalue weighted by Crippen LogP contribution is 2.47. The zero-order valence-electron chi connectivity index (χ0n) is 15.5. The van der Waals surface area contributed by atoms with Gasteiger partial charge in [0.15, 0.2) is 5.96 Å². The van der Waals surface area contributed by atoms with Gasteiger partial charge in [0, 0.05) is 43.3 Å². The molecule has 0 aromatic heterocycles. The molecule has 1 aromatic rings. The topological polar surface area (TPSA) is 56.7 Å². The number of rotatable bonds is 4. The van der Waals surface area contributed by atoms with Gasteiger partial charge in [-0.05, 0) is 49.3 Å². The Labute approximate surface area is 181 Å². The van der Waals surface area contributed by atoms with Crippen molar-refractivity contribution in [1.29, 1.82) is 0 Å². The average molecular weight is 535 g/mol. The van der Waals surface area contributed by atoms with Gasteiger partial charge in [-0.1, -0.05) is 28.4 Å². The maximum absolute atomic E-state index is 12.2. The summed E-state index contributed by atoms with van der Waals surface area (Å²) in [5.74, 6) is 0.941. The smallest absolute Gasteiger partial charge is 0.226 e. The molecule has 0 atom stereocenters. The van der Waals surface area contributed by atoms with Gasteiger partial charge in [0.25, 0.3) is 0 Å². The summed E-state index contributed by atoms with van der Waals surface area (Å²) in [5, 5.41) is 6.33. The summed E-state index contributed by atoms with van der Waals surface area (Å²) in [5.41, 5.74) is 2.46. The molecule has 1 spiro atoms. The van der Waals surface area contributed by atoms with Crippen molar-refractivity contribution in [3.63, 3.8) is 0 Å². The molecule has 1 aliphatic heterocycles. The minimum absolute atomic E-state index is 0. The molecule has 2 aliphatic rings. The molecular formula is C19H28BrIN4O. The highest BCUT2D eigenvalue weighted by molar-refractivity contribution is 14.0. The van der Waals surface area contributed by atoms with Gasteiger partial charge in [-0.25, -0.2) is 0 Å². The van der Waals surface area contributed by atoms with Gasteiger partial charge >= 0.3 is 0 Å². The zero-order valence-corrected chi connectivity index (χ0v) is 19.4. The highest BCUT2D eigenvalue weighted by Gasteiger charge is 2.43. The minimum Gasteiger partial charge on any atom is -0.356 e. The van der Waals surface area contributed by atoms with Crippen LogP contribution in [0.15, 0.2) is 27.7 Å². The van der Waals surface area contributed by atoms with E-state index in [1.165, 1.54) is 25.7 Å². The van der Waals surface area contributed by atoms with E-state index in [2.05, 4.69) is 36.5 Å². The Hall–Kier alpha value is -0.830. The number of guanidine groups is 1. The maximum atomic E-state index is 12.2. The van der Waals surface area contributed by atoms with Crippen LogP contribution in [0.3, 0.4) is 0 Å². The molecule has 5 nitrogen and oxygen atoms in total. The van der Waals surface area contributed by atoms with E-state index in [1.807, 2.05) is 32.2 Å². The monoisotopic (exact) mass is 534 g/mol. The van der Waals surface area contributed by atoms with Gasteiger partial charge in [-0.15, -0.1) is 24.0 Å². The van der Waals surface area contributed by atoms with E-state index >= 15 is 0 Å². The number of carbonyl (C=O) groups excluding carboxylic acids is 1. The Morgan fingerprint density at radius 1 is 1.35 bits per heavy atom. The lowest BCUT2D eigenvalue weighted by atomic mass is 9.68. The van der Waals surface area contributed by atoms with Crippen molar-refractivity contribution in [3.8, 4) is 0 Å². The number of nitrogens with one attached hydrogen (secondary N) is 2. The van der Waals surface area contributed by atoms with Gasteiger partial charge in [0.05, 0.1) is 0 Å². The van der Waals surface area contributed by atoms with Crippen LogP contribution in [0.2, 0.25) is 0 Å². The minimum atomic E-state index is 0. The SMILES string of the molecule is CN=C(NCCC(=O)Nc1cc(Br)ccc1C)N1CCC2(CCC2)C1.I. The molecule has 1 saturated carbocycles. The number of anilines is 1. The van der Waals surface area contributed by atoms with Crippen LogP contribution in [0.1, 0.15) is 37.7 Å². The summed E-state index contributed by atoms with van der Waals surface area (Å²) >= 11 is 3.44. The number of likely N-dealkylation sites (tertiary alicyclic amines) is 1. The van der Waals surface area contributed by atoms with Gasteiger partial charge in [-0.2, -0.15) is 0 Å². The second-order valence-corrected chi connectivity index (χ2v) is 8.17. The highest BCUT2D eigenvalue weighted by atomic mass is 127. The summed E-state index contributed by atoms with van der Waals surface area (Å²) in [7, 11) is 1.82. The van der Waals surface area contributed by atoms with E-state index < -0.39 is 0 Å². The molecule has 1 aliphatic carbocycles. The summed E-state index contributed by atoms with van der Waals surface area (Å²) in [6.45, 7) is 4.76. The normalized spacial score (nSPS) is 18.3. The lowest BCUT2D eigenvalue weighted by Crippen LogP contribution is -2.43. The van der Waals surface area contributed by atoms with E-state index in [0.29, 0.717) is 18.4 Å². The molecule has 1 aromatic carbocycles. The first kappa shape index (κ1) is 21.5. The van der Waals surface area contributed by atoms with E-state index in [0.717, 1.165) is 34.8 Å². The number of nitrogens with zero attached hydrogens (tertiary/aromatic N) is 2. The first-order chi connectivity index (χ1) is 12.0. The van der Waals surface area contributed by atoms with Gasteiger partial charge < -0.3 is 15.5 Å². The van der Waals surface area contributed by atoms with Crippen molar-refractivity contribution in [2.24, 2.45) is 10.4 Å². The first-order valence-electron chi connectivity index (χ1n) is 9.03. The third-order valence-corrected chi connectivity index (χ3v) is 5.97. The predicted molar refractivity (Wildman–Crippen MR) is 121 cm³/mol. The molecule has 1 amide bonds. The van der Waals surface area contributed by atoms with Crippen molar-refractivity contribution >= 4 is 57.5 Å². The van der Waals surface area contributed by atoms with Gasteiger partial charge in [0.1, 0.15) is 0 Å². The molecule has 144 valence electrons. The fourth-order valence-corrected chi connectivity index (χ4v) is 4.12. The fourth-order valence-electron chi connectivity index (χ4n) is 3.76. The molecule has 0 radical (unpaired) electrons. The molecule has 1 saturated heterocycles. The van der Waals surface area contributed by atoms with Crippen LogP contribution in [-0.2, 0) is 4.79 Å². The Balaban J connectivity index is 0.00000243. The Morgan fingerprint density at radius 2 is 2.12 bits per heavy atom. The van der Waals surface area contributed by atoms with E-state index in [-0.39, 0.29) is 29.9 Å².